The van der Waals surface area contributed by atoms with Crippen molar-refractivity contribution < 1.29 is 0 Å². The molecule has 76 valence electrons. The van der Waals surface area contributed by atoms with E-state index in [9.17, 15) is 0 Å². The minimum absolute atomic E-state index is 0.841. The number of thiazole rings is 1. The normalized spacial score (nSPS) is 21.3. The summed E-state index contributed by atoms with van der Waals surface area (Å²) in [5.74, 6) is 0.841. The van der Waals surface area contributed by atoms with E-state index >= 15 is 0 Å². The van der Waals surface area contributed by atoms with E-state index in [2.05, 4.69) is 22.5 Å². The smallest absolute Gasteiger partial charge is 0.0794 e. The third-order valence-electron chi connectivity index (χ3n) is 2.59. The molecule has 1 heterocycles. The summed E-state index contributed by atoms with van der Waals surface area (Å²) >= 11 is 1.72. The third-order valence-corrected chi connectivity index (χ3v) is 3.37. The van der Waals surface area contributed by atoms with Crippen LogP contribution >= 0.6 is 11.3 Å². The van der Waals surface area contributed by atoms with Gasteiger partial charge in [-0.3, -0.25) is 4.98 Å². The predicted octanol–water partition coefficient (Wildman–Crippen LogP) is 2.59. The van der Waals surface area contributed by atoms with Crippen LogP contribution in [0.5, 0.6) is 0 Å². The fraction of sp³-hybridized carbons (Fsp3) is 0.545. The molecule has 1 N–H and O–H groups in total. The van der Waals surface area contributed by atoms with Crippen LogP contribution in [-0.2, 0) is 6.54 Å². The van der Waals surface area contributed by atoms with Gasteiger partial charge in [0.1, 0.15) is 0 Å². The zero-order valence-electron chi connectivity index (χ0n) is 8.28. The zero-order valence-corrected chi connectivity index (χ0v) is 9.09. The van der Waals surface area contributed by atoms with E-state index in [4.69, 9.17) is 0 Å². The van der Waals surface area contributed by atoms with Crippen molar-refractivity contribution in [3.63, 3.8) is 0 Å². The Bertz CT molecular complexity index is 279. The van der Waals surface area contributed by atoms with Crippen molar-refractivity contribution >= 4 is 11.3 Å². The summed E-state index contributed by atoms with van der Waals surface area (Å²) in [6.07, 6.45) is 10.4. The number of nitrogens with zero attached hydrogens (tertiary/aromatic N) is 1. The molecule has 0 saturated heterocycles. The van der Waals surface area contributed by atoms with Gasteiger partial charge >= 0.3 is 0 Å². The van der Waals surface area contributed by atoms with E-state index in [0.717, 1.165) is 19.0 Å². The highest BCUT2D eigenvalue weighted by molar-refractivity contribution is 7.09. The molecule has 1 unspecified atom stereocenters. The van der Waals surface area contributed by atoms with Crippen LogP contribution < -0.4 is 5.32 Å². The second kappa shape index (κ2) is 5.27. The van der Waals surface area contributed by atoms with Gasteiger partial charge in [0.15, 0.2) is 0 Å². The lowest BCUT2D eigenvalue weighted by molar-refractivity contribution is 0.441. The summed E-state index contributed by atoms with van der Waals surface area (Å²) in [4.78, 5) is 5.38. The molecule has 14 heavy (non-hydrogen) atoms. The minimum atomic E-state index is 0.841. The van der Waals surface area contributed by atoms with Crippen LogP contribution in [0.4, 0.5) is 0 Å². The van der Waals surface area contributed by atoms with Gasteiger partial charge < -0.3 is 5.32 Å². The van der Waals surface area contributed by atoms with Gasteiger partial charge in [-0.05, 0) is 31.7 Å². The fourth-order valence-corrected chi connectivity index (χ4v) is 2.33. The molecule has 0 amide bonds. The number of rotatable bonds is 4. The average Bonchev–Trinajstić information content (AvgIpc) is 2.72. The summed E-state index contributed by atoms with van der Waals surface area (Å²) in [5.41, 5.74) is 1.89. The van der Waals surface area contributed by atoms with Crippen LogP contribution in [0.25, 0.3) is 0 Å². The molecule has 0 bridgehead atoms. The van der Waals surface area contributed by atoms with Gasteiger partial charge in [-0.1, -0.05) is 12.2 Å². The van der Waals surface area contributed by atoms with Crippen molar-refractivity contribution in [3.05, 3.63) is 28.7 Å². The van der Waals surface area contributed by atoms with E-state index in [1.165, 1.54) is 24.1 Å². The van der Waals surface area contributed by atoms with Crippen molar-refractivity contribution in [3.8, 4) is 0 Å². The van der Waals surface area contributed by atoms with E-state index < -0.39 is 0 Å². The summed E-state index contributed by atoms with van der Waals surface area (Å²) in [5, 5.41) is 3.49. The Morgan fingerprint density at radius 3 is 3.21 bits per heavy atom. The Hall–Kier alpha value is -0.670. The molecule has 1 atom stereocenters. The summed E-state index contributed by atoms with van der Waals surface area (Å²) in [7, 11) is 0. The Morgan fingerprint density at radius 2 is 2.50 bits per heavy atom. The highest BCUT2D eigenvalue weighted by Crippen LogP contribution is 2.17. The van der Waals surface area contributed by atoms with Gasteiger partial charge in [-0.15, -0.1) is 11.3 Å². The molecule has 0 spiro atoms. The highest BCUT2D eigenvalue weighted by Gasteiger charge is 2.08. The van der Waals surface area contributed by atoms with Crippen molar-refractivity contribution in [2.75, 3.05) is 6.54 Å². The number of aromatic nitrogens is 1. The van der Waals surface area contributed by atoms with Gasteiger partial charge in [-0.2, -0.15) is 0 Å². The Morgan fingerprint density at radius 1 is 1.50 bits per heavy atom. The third kappa shape index (κ3) is 2.93. The molecule has 2 rings (SSSR count). The standard InChI is InChI=1S/C11H16N2S/c1-2-4-10(5-3-1)6-12-7-11-8-13-9-14-11/h1-2,8-10,12H,3-7H2. The largest absolute Gasteiger partial charge is 0.312 e. The molecule has 0 saturated carbocycles. The second-order valence-electron chi connectivity index (χ2n) is 3.75. The Labute approximate surface area is 89.1 Å². The fourth-order valence-electron chi connectivity index (χ4n) is 1.77. The van der Waals surface area contributed by atoms with Crippen LogP contribution in [0.2, 0.25) is 0 Å². The van der Waals surface area contributed by atoms with E-state index in [1.807, 2.05) is 11.7 Å². The van der Waals surface area contributed by atoms with E-state index in [-0.39, 0.29) is 0 Å². The molecule has 1 aromatic heterocycles. The van der Waals surface area contributed by atoms with Gasteiger partial charge in [0.2, 0.25) is 0 Å². The highest BCUT2D eigenvalue weighted by atomic mass is 32.1. The number of hydrogen-bond acceptors (Lipinski definition) is 3. The number of hydrogen-bond donors (Lipinski definition) is 1. The van der Waals surface area contributed by atoms with Gasteiger partial charge in [0.25, 0.3) is 0 Å². The average molecular weight is 208 g/mol. The molecule has 3 heteroatoms. The minimum Gasteiger partial charge on any atom is -0.312 e. The zero-order chi connectivity index (χ0) is 9.64. The summed E-state index contributed by atoms with van der Waals surface area (Å²) in [6, 6.07) is 0. The number of allylic oxidation sites excluding steroid dienone is 2. The van der Waals surface area contributed by atoms with Crippen molar-refractivity contribution in [1.82, 2.24) is 10.3 Å². The molecular weight excluding hydrogens is 192 g/mol. The lowest BCUT2D eigenvalue weighted by Crippen LogP contribution is -2.22. The van der Waals surface area contributed by atoms with Crippen molar-refractivity contribution in [2.24, 2.45) is 5.92 Å². The molecule has 1 aromatic rings. The maximum absolute atomic E-state index is 4.05. The first-order valence-electron chi connectivity index (χ1n) is 5.18. The lowest BCUT2D eigenvalue weighted by atomic mass is 9.94. The Kier molecular flexibility index (Phi) is 3.72. The first-order valence-corrected chi connectivity index (χ1v) is 6.06. The van der Waals surface area contributed by atoms with Crippen LogP contribution in [0.15, 0.2) is 23.9 Å². The van der Waals surface area contributed by atoms with Crippen LogP contribution in [-0.4, -0.2) is 11.5 Å². The van der Waals surface area contributed by atoms with Crippen molar-refractivity contribution in [2.45, 2.75) is 25.8 Å². The molecule has 1 aliphatic rings. The maximum atomic E-state index is 4.05. The molecule has 2 nitrogen and oxygen atoms in total. The van der Waals surface area contributed by atoms with E-state index in [0.29, 0.717) is 0 Å². The van der Waals surface area contributed by atoms with Crippen molar-refractivity contribution in [1.29, 1.82) is 0 Å². The summed E-state index contributed by atoms with van der Waals surface area (Å²) in [6.45, 7) is 2.12. The number of nitrogens with one attached hydrogen (secondary N) is 1. The molecule has 0 aromatic carbocycles. The first kappa shape index (κ1) is 9.87. The topological polar surface area (TPSA) is 24.9 Å². The van der Waals surface area contributed by atoms with Crippen LogP contribution in [0.1, 0.15) is 24.1 Å². The first-order chi connectivity index (χ1) is 6.95. The molecule has 0 aliphatic heterocycles. The lowest BCUT2D eigenvalue weighted by Gasteiger charge is -2.17. The molecule has 1 aliphatic carbocycles. The monoisotopic (exact) mass is 208 g/mol. The SMILES string of the molecule is C1=CCC(CNCc2cncs2)CC1. The maximum Gasteiger partial charge on any atom is 0.0794 e. The second-order valence-corrected chi connectivity index (χ2v) is 4.72. The van der Waals surface area contributed by atoms with Crippen LogP contribution in [0, 0.1) is 5.92 Å². The van der Waals surface area contributed by atoms with Gasteiger partial charge in [0.05, 0.1) is 5.51 Å². The molecule has 0 fully saturated rings. The summed E-state index contributed by atoms with van der Waals surface area (Å²) < 4.78 is 0. The molecule has 0 radical (unpaired) electrons. The van der Waals surface area contributed by atoms with E-state index in [1.54, 1.807) is 11.3 Å². The quantitative estimate of drug-likeness (QED) is 0.769. The molecular formula is C11H16N2S. The van der Waals surface area contributed by atoms with Gasteiger partial charge in [0, 0.05) is 17.6 Å². The van der Waals surface area contributed by atoms with Gasteiger partial charge in [-0.25, -0.2) is 0 Å². The predicted molar refractivity (Wildman–Crippen MR) is 60.3 cm³/mol. The Balaban J connectivity index is 1.65. The van der Waals surface area contributed by atoms with Crippen LogP contribution in [0.3, 0.4) is 0 Å².